The lowest BCUT2D eigenvalue weighted by Gasteiger charge is -2.20. The van der Waals surface area contributed by atoms with Gasteiger partial charge in [-0.3, -0.25) is 0 Å². The second kappa shape index (κ2) is 8.12. The number of aliphatic hydroxyl groups is 1. The minimum absolute atomic E-state index is 0.217. The maximum Gasteiger partial charge on any atom is 0.319 e. The molecule has 0 saturated carbocycles. The zero-order chi connectivity index (χ0) is 14.3. The Hall–Kier alpha value is -1.14. The van der Waals surface area contributed by atoms with Crippen LogP contribution in [0.15, 0.2) is 22.9 Å². The van der Waals surface area contributed by atoms with Crippen molar-refractivity contribution in [2.45, 2.75) is 32.8 Å². The maximum absolute atomic E-state index is 11.6. The first-order chi connectivity index (χ1) is 9.06. The van der Waals surface area contributed by atoms with Crippen LogP contribution in [0.25, 0.3) is 0 Å². The lowest BCUT2D eigenvalue weighted by molar-refractivity contribution is 0.104. The molecule has 1 rings (SSSR count). The maximum atomic E-state index is 11.6. The van der Waals surface area contributed by atoms with Gasteiger partial charge in [-0.25, -0.2) is 9.78 Å². The van der Waals surface area contributed by atoms with Gasteiger partial charge in [-0.05, 0) is 34.0 Å². The Balaban J connectivity index is 2.37. The largest absolute Gasteiger partial charge is 0.391 e. The molecule has 0 bridgehead atoms. The quantitative estimate of drug-likeness (QED) is 0.702. The zero-order valence-electron chi connectivity index (χ0n) is 11.2. The van der Waals surface area contributed by atoms with Crippen molar-refractivity contribution in [3.8, 4) is 0 Å². The van der Waals surface area contributed by atoms with E-state index < -0.39 is 6.10 Å². The molecule has 1 heterocycles. The van der Waals surface area contributed by atoms with E-state index in [4.69, 9.17) is 0 Å². The monoisotopic (exact) mass is 329 g/mol. The summed E-state index contributed by atoms with van der Waals surface area (Å²) in [6, 6.07) is 3.15. The van der Waals surface area contributed by atoms with Gasteiger partial charge in [-0.2, -0.15) is 0 Å². The molecule has 1 unspecified atom stereocenters. The Bertz CT molecular complexity index is 393. The SMILES string of the molecule is CCC(CC)C(O)CNC(=O)Nc1ccc(Br)nc1. The number of halogens is 1. The number of aliphatic hydroxyl groups excluding tert-OH is 1. The number of nitrogens with one attached hydrogen (secondary N) is 2. The average Bonchev–Trinajstić information content (AvgIpc) is 2.40. The van der Waals surface area contributed by atoms with Crippen molar-refractivity contribution < 1.29 is 9.90 Å². The number of carbonyl (C=O) groups is 1. The molecule has 0 spiro atoms. The third-order valence-electron chi connectivity index (χ3n) is 3.05. The van der Waals surface area contributed by atoms with E-state index in [1.54, 1.807) is 18.3 Å². The molecular weight excluding hydrogens is 310 g/mol. The fraction of sp³-hybridized carbons (Fsp3) is 0.538. The first-order valence-corrected chi connectivity index (χ1v) is 7.20. The molecule has 0 aliphatic rings. The van der Waals surface area contributed by atoms with E-state index in [1.807, 2.05) is 13.8 Å². The zero-order valence-corrected chi connectivity index (χ0v) is 12.8. The number of urea groups is 1. The van der Waals surface area contributed by atoms with Gasteiger partial charge in [0.05, 0.1) is 18.0 Å². The topological polar surface area (TPSA) is 74.2 Å². The highest BCUT2D eigenvalue weighted by molar-refractivity contribution is 9.10. The lowest BCUT2D eigenvalue weighted by Crippen LogP contribution is -2.38. The van der Waals surface area contributed by atoms with Crippen LogP contribution < -0.4 is 10.6 Å². The van der Waals surface area contributed by atoms with Gasteiger partial charge in [-0.15, -0.1) is 0 Å². The van der Waals surface area contributed by atoms with Gasteiger partial charge in [0.1, 0.15) is 4.60 Å². The highest BCUT2D eigenvalue weighted by atomic mass is 79.9. The summed E-state index contributed by atoms with van der Waals surface area (Å²) in [6.45, 7) is 4.32. The Labute approximate surface area is 121 Å². The van der Waals surface area contributed by atoms with Crippen molar-refractivity contribution in [1.82, 2.24) is 10.3 Å². The number of amides is 2. The van der Waals surface area contributed by atoms with Crippen LogP contribution in [0, 0.1) is 5.92 Å². The highest BCUT2D eigenvalue weighted by Crippen LogP contribution is 2.12. The summed E-state index contributed by atoms with van der Waals surface area (Å²) in [5.74, 6) is 0.217. The normalized spacial score (nSPS) is 12.3. The number of anilines is 1. The molecule has 2 amide bonds. The molecule has 0 aliphatic heterocycles. The van der Waals surface area contributed by atoms with Crippen molar-refractivity contribution in [3.63, 3.8) is 0 Å². The van der Waals surface area contributed by atoms with Crippen LogP contribution in [0.3, 0.4) is 0 Å². The molecule has 3 N–H and O–H groups in total. The van der Waals surface area contributed by atoms with Crippen molar-refractivity contribution >= 4 is 27.6 Å². The van der Waals surface area contributed by atoms with E-state index in [1.165, 1.54) is 0 Å². The Morgan fingerprint density at radius 2 is 2.11 bits per heavy atom. The van der Waals surface area contributed by atoms with Gasteiger partial charge in [0.2, 0.25) is 0 Å². The molecule has 5 nitrogen and oxygen atoms in total. The van der Waals surface area contributed by atoms with Crippen molar-refractivity contribution in [2.24, 2.45) is 5.92 Å². The summed E-state index contributed by atoms with van der Waals surface area (Å²) in [5, 5.41) is 15.2. The summed E-state index contributed by atoms with van der Waals surface area (Å²) < 4.78 is 0.711. The van der Waals surface area contributed by atoms with Gasteiger partial charge in [0, 0.05) is 6.54 Å². The molecule has 0 aliphatic carbocycles. The first kappa shape index (κ1) is 15.9. The fourth-order valence-electron chi connectivity index (χ4n) is 1.82. The molecule has 106 valence electrons. The van der Waals surface area contributed by atoms with E-state index in [-0.39, 0.29) is 18.5 Å². The number of carbonyl (C=O) groups excluding carboxylic acids is 1. The second-order valence-electron chi connectivity index (χ2n) is 4.35. The summed E-state index contributed by atoms with van der Waals surface area (Å²) >= 11 is 3.22. The second-order valence-corrected chi connectivity index (χ2v) is 5.16. The van der Waals surface area contributed by atoms with Gasteiger partial charge in [0.25, 0.3) is 0 Å². The van der Waals surface area contributed by atoms with Gasteiger partial charge < -0.3 is 15.7 Å². The molecule has 0 aromatic carbocycles. The standard InChI is InChI=1S/C13H20BrN3O2/c1-3-9(4-2)11(18)8-16-13(19)17-10-5-6-12(14)15-7-10/h5-7,9,11,18H,3-4,8H2,1-2H3,(H2,16,17,19). The third-order valence-corrected chi connectivity index (χ3v) is 3.52. The van der Waals surface area contributed by atoms with Crippen LogP contribution in [0.4, 0.5) is 10.5 Å². The smallest absolute Gasteiger partial charge is 0.319 e. The summed E-state index contributed by atoms with van der Waals surface area (Å²) in [6.07, 6.45) is 2.85. The number of hydrogen-bond acceptors (Lipinski definition) is 3. The number of pyridine rings is 1. The Kier molecular flexibility index (Phi) is 6.80. The number of rotatable bonds is 6. The molecule has 1 aromatic heterocycles. The van der Waals surface area contributed by atoms with Crippen molar-refractivity contribution in [3.05, 3.63) is 22.9 Å². The van der Waals surface area contributed by atoms with Crippen LogP contribution in [-0.4, -0.2) is 28.8 Å². The molecule has 1 atom stereocenters. The van der Waals surface area contributed by atoms with Crippen molar-refractivity contribution in [2.75, 3.05) is 11.9 Å². The molecule has 6 heteroatoms. The fourth-order valence-corrected chi connectivity index (χ4v) is 2.06. The van der Waals surface area contributed by atoms with E-state index in [2.05, 4.69) is 31.5 Å². The summed E-state index contributed by atoms with van der Waals surface area (Å²) in [4.78, 5) is 15.6. The van der Waals surface area contributed by atoms with E-state index in [9.17, 15) is 9.90 Å². The third kappa shape index (κ3) is 5.57. The van der Waals surface area contributed by atoms with Crippen molar-refractivity contribution in [1.29, 1.82) is 0 Å². The number of hydrogen-bond donors (Lipinski definition) is 3. The van der Waals surface area contributed by atoms with Crippen LogP contribution >= 0.6 is 15.9 Å². The predicted molar refractivity (Wildman–Crippen MR) is 79.0 cm³/mol. The van der Waals surface area contributed by atoms with E-state index >= 15 is 0 Å². The first-order valence-electron chi connectivity index (χ1n) is 6.41. The Morgan fingerprint density at radius 1 is 1.42 bits per heavy atom. The van der Waals surface area contributed by atoms with Gasteiger partial charge in [0.15, 0.2) is 0 Å². The summed E-state index contributed by atoms with van der Waals surface area (Å²) in [7, 11) is 0. The lowest BCUT2D eigenvalue weighted by atomic mass is 9.97. The van der Waals surface area contributed by atoms with Gasteiger partial charge >= 0.3 is 6.03 Å². The molecule has 1 aromatic rings. The van der Waals surface area contributed by atoms with Crippen LogP contribution in [0.5, 0.6) is 0 Å². The predicted octanol–water partition coefficient (Wildman–Crippen LogP) is 2.76. The van der Waals surface area contributed by atoms with Gasteiger partial charge in [-0.1, -0.05) is 26.7 Å². The Morgan fingerprint density at radius 3 is 2.63 bits per heavy atom. The molecule has 0 radical (unpaired) electrons. The highest BCUT2D eigenvalue weighted by Gasteiger charge is 2.16. The molecular formula is C13H20BrN3O2. The van der Waals surface area contributed by atoms with Crippen LogP contribution in [0.2, 0.25) is 0 Å². The van der Waals surface area contributed by atoms with E-state index in [0.717, 1.165) is 12.8 Å². The minimum Gasteiger partial charge on any atom is -0.391 e. The number of nitrogens with zero attached hydrogens (tertiary/aromatic N) is 1. The van der Waals surface area contributed by atoms with Crippen LogP contribution in [0.1, 0.15) is 26.7 Å². The van der Waals surface area contributed by atoms with E-state index in [0.29, 0.717) is 10.3 Å². The molecule has 0 saturated heterocycles. The van der Waals surface area contributed by atoms with Crippen LogP contribution in [-0.2, 0) is 0 Å². The average molecular weight is 330 g/mol. The molecule has 0 fully saturated rings. The summed E-state index contributed by atoms with van der Waals surface area (Å²) in [5.41, 5.74) is 0.609. The molecule has 19 heavy (non-hydrogen) atoms. The number of aromatic nitrogens is 1. The minimum atomic E-state index is -0.510.